The molecule has 16 heavy (non-hydrogen) atoms. The monoisotopic (exact) mass is 221 g/mol. The van der Waals surface area contributed by atoms with Crippen molar-refractivity contribution in [2.45, 2.75) is 52.5 Å². The number of nitrogens with zero attached hydrogens (tertiary/aromatic N) is 2. The highest BCUT2D eigenvalue weighted by Crippen LogP contribution is 2.26. The van der Waals surface area contributed by atoms with Crippen molar-refractivity contribution in [2.24, 2.45) is 0 Å². The fourth-order valence-electron chi connectivity index (χ4n) is 2.07. The molecule has 0 spiro atoms. The maximum Gasteiger partial charge on any atom is 0.127 e. The van der Waals surface area contributed by atoms with E-state index in [1.807, 2.05) is 6.08 Å². The van der Waals surface area contributed by atoms with Gasteiger partial charge in [-0.25, -0.2) is 4.98 Å². The summed E-state index contributed by atoms with van der Waals surface area (Å²) in [5.41, 5.74) is 7.21. The molecular formula is C13H23N3. The van der Waals surface area contributed by atoms with E-state index in [0.717, 1.165) is 43.1 Å². The molecule has 1 aromatic rings. The summed E-state index contributed by atoms with van der Waals surface area (Å²) in [5, 5.41) is 0. The van der Waals surface area contributed by atoms with E-state index in [4.69, 9.17) is 5.73 Å². The molecule has 0 bridgehead atoms. The van der Waals surface area contributed by atoms with Crippen LogP contribution < -0.4 is 5.73 Å². The third-order valence-corrected chi connectivity index (χ3v) is 2.93. The molecule has 0 aliphatic rings. The lowest BCUT2D eigenvalue weighted by molar-refractivity contribution is 0.650. The number of hydrogen-bond donors (Lipinski definition) is 1. The molecule has 1 atom stereocenters. The zero-order valence-corrected chi connectivity index (χ0v) is 10.7. The molecule has 3 heteroatoms. The molecule has 0 aliphatic heterocycles. The third-order valence-electron chi connectivity index (χ3n) is 2.93. The van der Waals surface area contributed by atoms with Crippen molar-refractivity contribution >= 4 is 5.82 Å². The van der Waals surface area contributed by atoms with E-state index in [-0.39, 0.29) is 0 Å². The second kappa shape index (κ2) is 5.73. The number of imidazole rings is 1. The van der Waals surface area contributed by atoms with E-state index in [0.29, 0.717) is 5.92 Å². The van der Waals surface area contributed by atoms with Crippen LogP contribution in [0.5, 0.6) is 0 Å². The van der Waals surface area contributed by atoms with Gasteiger partial charge in [0.1, 0.15) is 11.6 Å². The first kappa shape index (κ1) is 12.8. The van der Waals surface area contributed by atoms with Gasteiger partial charge < -0.3 is 10.3 Å². The Morgan fingerprint density at radius 1 is 1.50 bits per heavy atom. The van der Waals surface area contributed by atoms with Gasteiger partial charge in [0, 0.05) is 18.9 Å². The molecule has 0 aromatic carbocycles. The molecule has 0 amide bonds. The Hall–Kier alpha value is -1.25. The maximum absolute atomic E-state index is 6.15. The standard InChI is InChI=1S/C13H23N3/c1-5-8-10(4)12-13(14)16(9-6-2)11(7-3)15-12/h6,10H,2,5,7-9,14H2,1,3-4H3. The third kappa shape index (κ3) is 2.46. The van der Waals surface area contributed by atoms with Gasteiger partial charge in [-0.1, -0.05) is 33.3 Å². The number of aryl methyl sites for hydroxylation is 1. The number of nitrogen functional groups attached to an aromatic ring is 1. The van der Waals surface area contributed by atoms with E-state index in [9.17, 15) is 0 Å². The normalized spacial score (nSPS) is 12.7. The van der Waals surface area contributed by atoms with Crippen molar-refractivity contribution < 1.29 is 0 Å². The summed E-state index contributed by atoms with van der Waals surface area (Å²) in [6, 6.07) is 0. The summed E-state index contributed by atoms with van der Waals surface area (Å²) in [6.45, 7) is 11.0. The number of anilines is 1. The van der Waals surface area contributed by atoms with Gasteiger partial charge in [-0.3, -0.25) is 0 Å². The molecule has 2 N–H and O–H groups in total. The summed E-state index contributed by atoms with van der Waals surface area (Å²) in [5.74, 6) is 2.33. The van der Waals surface area contributed by atoms with Gasteiger partial charge in [0.25, 0.3) is 0 Å². The van der Waals surface area contributed by atoms with Crippen LogP contribution in [0.4, 0.5) is 5.82 Å². The SMILES string of the molecule is C=CCn1c(CC)nc(C(C)CCC)c1N. The van der Waals surface area contributed by atoms with Crippen LogP contribution in [0, 0.1) is 0 Å². The highest BCUT2D eigenvalue weighted by molar-refractivity contribution is 5.40. The Bertz CT molecular complexity index is 352. The molecule has 0 saturated carbocycles. The highest BCUT2D eigenvalue weighted by Gasteiger charge is 2.17. The molecule has 0 aliphatic carbocycles. The maximum atomic E-state index is 6.15. The van der Waals surface area contributed by atoms with E-state index in [2.05, 4.69) is 36.9 Å². The van der Waals surface area contributed by atoms with E-state index in [1.165, 1.54) is 0 Å². The van der Waals surface area contributed by atoms with Crippen LogP contribution in [-0.2, 0) is 13.0 Å². The van der Waals surface area contributed by atoms with Gasteiger partial charge in [0.15, 0.2) is 0 Å². The molecule has 1 unspecified atom stereocenters. The van der Waals surface area contributed by atoms with Gasteiger partial charge in [-0.2, -0.15) is 0 Å². The fourth-order valence-corrected chi connectivity index (χ4v) is 2.07. The highest BCUT2D eigenvalue weighted by atomic mass is 15.1. The lowest BCUT2D eigenvalue weighted by Crippen LogP contribution is -2.06. The Labute approximate surface area is 98.4 Å². The van der Waals surface area contributed by atoms with Gasteiger partial charge in [0.05, 0.1) is 5.69 Å². The summed E-state index contributed by atoms with van der Waals surface area (Å²) in [7, 11) is 0. The lowest BCUT2D eigenvalue weighted by atomic mass is 10.0. The zero-order chi connectivity index (χ0) is 12.1. The number of allylic oxidation sites excluding steroid dienone is 1. The Kier molecular flexibility index (Phi) is 4.59. The predicted molar refractivity (Wildman–Crippen MR) is 69.5 cm³/mol. The summed E-state index contributed by atoms with van der Waals surface area (Å²) in [6.07, 6.45) is 5.08. The average molecular weight is 221 g/mol. The van der Waals surface area contributed by atoms with Crippen molar-refractivity contribution in [1.82, 2.24) is 9.55 Å². The number of aromatic nitrogens is 2. The van der Waals surface area contributed by atoms with Crippen LogP contribution in [0.15, 0.2) is 12.7 Å². The summed E-state index contributed by atoms with van der Waals surface area (Å²) in [4.78, 5) is 4.66. The van der Waals surface area contributed by atoms with Crippen molar-refractivity contribution in [3.8, 4) is 0 Å². The minimum atomic E-state index is 0.446. The first-order valence-corrected chi connectivity index (χ1v) is 6.11. The number of hydrogen-bond acceptors (Lipinski definition) is 2. The Balaban J connectivity index is 3.06. The average Bonchev–Trinajstić information content (AvgIpc) is 2.57. The second-order valence-corrected chi connectivity index (χ2v) is 4.24. The van der Waals surface area contributed by atoms with E-state index in [1.54, 1.807) is 0 Å². The fraction of sp³-hybridized carbons (Fsp3) is 0.615. The summed E-state index contributed by atoms with van der Waals surface area (Å²) < 4.78 is 2.06. The van der Waals surface area contributed by atoms with Crippen LogP contribution >= 0.6 is 0 Å². The van der Waals surface area contributed by atoms with Crippen molar-refractivity contribution in [3.05, 3.63) is 24.2 Å². The lowest BCUT2D eigenvalue weighted by Gasteiger charge is -2.09. The van der Waals surface area contributed by atoms with Gasteiger partial charge in [0.2, 0.25) is 0 Å². The smallest absolute Gasteiger partial charge is 0.127 e. The van der Waals surface area contributed by atoms with Gasteiger partial charge in [-0.05, 0) is 6.42 Å². The predicted octanol–water partition coefficient (Wildman–Crippen LogP) is 3.12. The quantitative estimate of drug-likeness (QED) is 0.750. The van der Waals surface area contributed by atoms with Crippen molar-refractivity contribution in [2.75, 3.05) is 5.73 Å². The molecule has 90 valence electrons. The van der Waals surface area contributed by atoms with Crippen molar-refractivity contribution in [1.29, 1.82) is 0 Å². The molecule has 3 nitrogen and oxygen atoms in total. The minimum absolute atomic E-state index is 0.446. The van der Waals surface area contributed by atoms with Crippen molar-refractivity contribution in [3.63, 3.8) is 0 Å². The van der Waals surface area contributed by atoms with E-state index < -0.39 is 0 Å². The van der Waals surface area contributed by atoms with Gasteiger partial charge >= 0.3 is 0 Å². The van der Waals surface area contributed by atoms with Crippen LogP contribution in [-0.4, -0.2) is 9.55 Å². The zero-order valence-electron chi connectivity index (χ0n) is 10.7. The summed E-state index contributed by atoms with van der Waals surface area (Å²) >= 11 is 0. The first-order chi connectivity index (χ1) is 7.65. The molecular weight excluding hydrogens is 198 g/mol. The molecule has 0 radical (unpaired) electrons. The molecule has 1 heterocycles. The van der Waals surface area contributed by atoms with Crippen LogP contribution in [0.3, 0.4) is 0 Å². The minimum Gasteiger partial charge on any atom is -0.384 e. The number of nitrogens with two attached hydrogens (primary N) is 1. The molecule has 1 aromatic heterocycles. The van der Waals surface area contributed by atoms with Crippen LogP contribution in [0.1, 0.15) is 51.0 Å². The van der Waals surface area contributed by atoms with Gasteiger partial charge in [-0.15, -0.1) is 6.58 Å². The first-order valence-electron chi connectivity index (χ1n) is 6.11. The number of rotatable bonds is 6. The Morgan fingerprint density at radius 2 is 2.19 bits per heavy atom. The Morgan fingerprint density at radius 3 is 2.69 bits per heavy atom. The molecule has 0 fully saturated rings. The van der Waals surface area contributed by atoms with Crippen LogP contribution in [0.25, 0.3) is 0 Å². The second-order valence-electron chi connectivity index (χ2n) is 4.24. The molecule has 0 saturated heterocycles. The molecule has 1 rings (SSSR count). The topological polar surface area (TPSA) is 43.8 Å². The van der Waals surface area contributed by atoms with E-state index >= 15 is 0 Å². The largest absolute Gasteiger partial charge is 0.384 e. The van der Waals surface area contributed by atoms with Crippen LogP contribution in [0.2, 0.25) is 0 Å².